The van der Waals surface area contributed by atoms with Gasteiger partial charge in [-0.1, -0.05) is 36.4 Å². The van der Waals surface area contributed by atoms with E-state index >= 15 is 0 Å². The van der Waals surface area contributed by atoms with Crippen molar-refractivity contribution in [3.8, 4) is 22.6 Å². The first-order chi connectivity index (χ1) is 12.9. The molecule has 0 bridgehead atoms. The summed E-state index contributed by atoms with van der Waals surface area (Å²) in [5.41, 5.74) is 3.38. The Morgan fingerprint density at radius 3 is 2.70 bits per heavy atom. The van der Waals surface area contributed by atoms with Crippen LogP contribution in [-0.4, -0.2) is 29.2 Å². The van der Waals surface area contributed by atoms with E-state index in [1.54, 1.807) is 20.3 Å². The second kappa shape index (κ2) is 8.12. The van der Waals surface area contributed by atoms with E-state index < -0.39 is 10.0 Å². The van der Waals surface area contributed by atoms with Gasteiger partial charge in [0.2, 0.25) is 10.0 Å². The largest absolute Gasteiger partial charge is 0.496 e. The molecule has 3 rings (SSSR count). The van der Waals surface area contributed by atoms with Gasteiger partial charge in [0.15, 0.2) is 0 Å². The zero-order chi connectivity index (χ0) is 19.4. The highest BCUT2D eigenvalue weighted by Gasteiger charge is 2.28. The summed E-state index contributed by atoms with van der Waals surface area (Å²) in [7, 11) is -0.362. The number of benzene rings is 2. The van der Waals surface area contributed by atoms with E-state index in [2.05, 4.69) is 0 Å². The van der Waals surface area contributed by atoms with Gasteiger partial charge >= 0.3 is 0 Å². The number of fused-ring (bicyclic) bond motifs is 3. The number of rotatable bonds is 7. The van der Waals surface area contributed by atoms with Crippen LogP contribution in [0.2, 0.25) is 0 Å². The maximum absolute atomic E-state index is 11.5. The molecular formula is C20H23NO5S. The molecule has 0 aromatic heterocycles. The van der Waals surface area contributed by atoms with Crippen molar-refractivity contribution in [1.82, 2.24) is 0 Å². The predicted octanol–water partition coefficient (Wildman–Crippen LogP) is 3.18. The Labute approximate surface area is 159 Å². The summed E-state index contributed by atoms with van der Waals surface area (Å²) in [5, 5.41) is 5.21. The number of ether oxygens (including phenoxy) is 3. The number of nitrogens with two attached hydrogens (primary N) is 1. The van der Waals surface area contributed by atoms with Crippen molar-refractivity contribution in [2.75, 3.05) is 20.8 Å². The molecule has 144 valence electrons. The summed E-state index contributed by atoms with van der Waals surface area (Å²) < 4.78 is 39.7. The monoisotopic (exact) mass is 389 g/mol. The first-order valence-electron chi connectivity index (χ1n) is 8.54. The van der Waals surface area contributed by atoms with E-state index in [1.165, 1.54) is 0 Å². The Kier molecular flexibility index (Phi) is 5.84. The van der Waals surface area contributed by atoms with E-state index in [4.69, 9.17) is 19.3 Å². The van der Waals surface area contributed by atoms with Gasteiger partial charge in [0.25, 0.3) is 0 Å². The van der Waals surface area contributed by atoms with Gasteiger partial charge in [-0.3, -0.25) is 0 Å². The number of methoxy groups -OCH3 is 2. The van der Waals surface area contributed by atoms with Crippen LogP contribution in [-0.2, 0) is 20.5 Å². The van der Waals surface area contributed by atoms with Crippen molar-refractivity contribution in [3.63, 3.8) is 0 Å². The van der Waals surface area contributed by atoms with Crippen LogP contribution in [0, 0.1) is 0 Å². The molecule has 27 heavy (non-hydrogen) atoms. The fourth-order valence-corrected chi connectivity index (χ4v) is 3.89. The third-order valence-electron chi connectivity index (χ3n) is 4.36. The highest BCUT2D eigenvalue weighted by Crippen LogP contribution is 2.48. The highest BCUT2D eigenvalue weighted by molar-refractivity contribution is 7.88. The Balaban J connectivity index is 2.06. The molecule has 6 nitrogen and oxygen atoms in total. The Morgan fingerprint density at radius 1 is 1.19 bits per heavy atom. The van der Waals surface area contributed by atoms with E-state index in [1.807, 2.05) is 42.5 Å². The van der Waals surface area contributed by atoms with Gasteiger partial charge in [-0.15, -0.1) is 0 Å². The lowest BCUT2D eigenvalue weighted by atomic mass is 9.89. The lowest BCUT2D eigenvalue weighted by Crippen LogP contribution is -2.17. The number of sulfonamides is 1. The van der Waals surface area contributed by atoms with Crippen LogP contribution in [0.3, 0.4) is 0 Å². The molecule has 0 aliphatic carbocycles. The molecule has 2 N–H and O–H groups in total. The van der Waals surface area contributed by atoms with Gasteiger partial charge in [-0.05, 0) is 23.3 Å². The predicted molar refractivity (Wildman–Crippen MR) is 104 cm³/mol. The average Bonchev–Trinajstić information content (AvgIpc) is 2.63. The molecule has 0 saturated heterocycles. The normalized spacial score (nSPS) is 15.9. The van der Waals surface area contributed by atoms with Crippen LogP contribution in [0.1, 0.15) is 23.7 Å². The van der Waals surface area contributed by atoms with E-state index in [9.17, 15) is 8.42 Å². The summed E-state index contributed by atoms with van der Waals surface area (Å²) in [4.78, 5) is 0. The van der Waals surface area contributed by atoms with Crippen molar-refractivity contribution in [3.05, 3.63) is 59.7 Å². The Morgan fingerprint density at radius 2 is 2.00 bits per heavy atom. The third-order valence-corrected chi connectivity index (χ3v) is 5.09. The fourth-order valence-electron chi connectivity index (χ4n) is 3.25. The van der Waals surface area contributed by atoms with Crippen molar-refractivity contribution < 1.29 is 22.6 Å². The number of primary sulfonamides is 1. The van der Waals surface area contributed by atoms with E-state index in [0.29, 0.717) is 24.3 Å². The summed E-state index contributed by atoms with van der Waals surface area (Å²) in [6.45, 7) is 0.523. The molecule has 1 aliphatic heterocycles. The van der Waals surface area contributed by atoms with Gasteiger partial charge in [0.05, 0.1) is 25.0 Å². The van der Waals surface area contributed by atoms with E-state index in [-0.39, 0.29) is 11.9 Å². The van der Waals surface area contributed by atoms with E-state index in [0.717, 1.165) is 22.4 Å². The Bertz CT molecular complexity index is 953. The lowest BCUT2D eigenvalue weighted by Gasteiger charge is -2.29. The molecular weight excluding hydrogens is 366 g/mol. The highest BCUT2D eigenvalue weighted by atomic mass is 32.2. The summed E-state index contributed by atoms with van der Waals surface area (Å²) in [5.74, 6) is 1.23. The maximum atomic E-state index is 11.5. The van der Waals surface area contributed by atoms with Crippen LogP contribution in [0.4, 0.5) is 0 Å². The molecule has 0 radical (unpaired) electrons. The van der Waals surface area contributed by atoms with Gasteiger partial charge in [-0.2, -0.15) is 0 Å². The number of hydrogen-bond donors (Lipinski definition) is 1. The molecule has 0 fully saturated rings. The molecule has 1 heterocycles. The molecule has 1 aliphatic rings. The van der Waals surface area contributed by atoms with Gasteiger partial charge in [0, 0.05) is 19.1 Å². The maximum Gasteiger partial charge on any atom is 0.213 e. The van der Waals surface area contributed by atoms with Crippen LogP contribution in [0.25, 0.3) is 11.1 Å². The molecule has 0 spiro atoms. The van der Waals surface area contributed by atoms with Crippen LogP contribution < -0.4 is 14.6 Å². The zero-order valence-electron chi connectivity index (χ0n) is 15.3. The molecule has 0 amide bonds. The zero-order valence-corrected chi connectivity index (χ0v) is 16.2. The first-order valence-corrected chi connectivity index (χ1v) is 10.3. The van der Waals surface area contributed by atoms with Gasteiger partial charge < -0.3 is 14.2 Å². The molecule has 1 atom stereocenters. The molecule has 7 heteroatoms. The average molecular weight is 389 g/mol. The third kappa shape index (κ3) is 4.50. The summed E-state index contributed by atoms with van der Waals surface area (Å²) >= 11 is 0. The summed E-state index contributed by atoms with van der Waals surface area (Å²) in [6.07, 6.45) is 4.31. The molecule has 0 saturated carbocycles. The summed E-state index contributed by atoms with van der Waals surface area (Å²) in [6, 6.07) is 11.2. The van der Waals surface area contributed by atoms with Crippen LogP contribution in [0.5, 0.6) is 11.5 Å². The van der Waals surface area contributed by atoms with Crippen LogP contribution >= 0.6 is 0 Å². The van der Waals surface area contributed by atoms with Crippen molar-refractivity contribution in [2.45, 2.75) is 18.3 Å². The minimum absolute atomic E-state index is 0.217. The van der Waals surface area contributed by atoms with Crippen molar-refractivity contribution >= 4 is 10.0 Å². The second-order valence-electron chi connectivity index (χ2n) is 6.33. The van der Waals surface area contributed by atoms with Gasteiger partial charge in [0.1, 0.15) is 17.6 Å². The fraction of sp³-hybridized carbons (Fsp3) is 0.300. The smallest absolute Gasteiger partial charge is 0.213 e. The van der Waals surface area contributed by atoms with Gasteiger partial charge in [-0.25, -0.2) is 13.6 Å². The quantitative estimate of drug-likeness (QED) is 0.735. The standard InChI is InChI=1S/C20H23NO5S/c1-24-11-4-3-6-17-16-12-14(13-27(21,22)23)9-10-15(16)20-18(25-2)7-5-8-19(20)26-17/h3-5,7-10,12,17H,6,11,13H2,1-2H3,(H2,21,22,23). The Hall–Kier alpha value is -2.35. The molecule has 2 aromatic rings. The second-order valence-corrected chi connectivity index (χ2v) is 7.95. The minimum atomic E-state index is -3.61. The molecule has 2 aromatic carbocycles. The topological polar surface area (TPSA) is 87.8 Å². The number of hydrogen-bond acceptors (Lipinski definition) is 5. The lowest BCUT2D eigenvalue weighted by molar-refractivity contribution is 0.203. The van der Waals surface area contributed by atoms with Crippen LogP contribution in [0.15, 0.2) is 48.6 Å². The first kappa shape index (κ1) is 19.4. The SMILES string of the molecule is COCC=CCC1Oc2cccc(OC)c2-c2ccc(CS(N)(=O)=O)cc21. The van der Waals surface area contributed by atoms with Crippen molar-refractivity contribution in [1.29, 1.82) is 0 Å². The van der Waals surface area contributed by atoms with Crippen molar-refractivity contribution in [2.24, 2.45) is 5.14 Å². The molecule has 1 unspecified atom stereocenters. The minimum Gasteiger partial charge on any atom is -0.496 e.